The second kappa shape index (κ2) is 6.23. The van der Waals surface area contributed by atoms with E-state index in [0.717, 1.165) is 0 Å². The predicted octanol–water partition coefficient (Wildman–Crippen LogP) is -1.18. The van der Waals surface area contributed by atoms with Crippen molar-refractivity contribution in [2.75, 3.05) is 25.5 Å². The van der Waals surface area contributed by atoms with E-state index in [4.69, 9.17) is 10.5 Å². The number of primary amides is 1. The number of carbonyl (C=O) groups excluding carboxylic acids is 3. The number of hydrogen-bond donors (Lipinski definition) is 4. The summed E-state index contributed by atoms with van der Waals surface area (Å²) in [6.45, 7) is 0.277. The molecule has 8 heteroatoms. The molecule has 1 aliphatic heterocycles. The average molecular weight is 292 g/mol. The van der Waals surface area contributed by atoms with Gasteiger partial charge in [-0.1, -0.05) is 0 Å². The number of piperazine rings is 1. The molecule has 1 aromatic rings. The maximum absolute atomic E-state index is 12.1. The Labute approximate surface area is 121 Å². The van der Waals surface area contributed by atoms with Crippen molar-refractivity contribution in [1.82, 2.24) is 10.6 Å². The number of amides is 3. The molecule has 0 aromatic heterocycles. The molecule has 1 saturated heterocycles. The summed E-state index contributed by atoms with van der Waals surface area (Å²) in [7, 11) is 1.45. The molecule has 5 N–H and O–H groups in total. The summed E-state index contributed by atoms with van der Waals surface area (Å²) in [6.07, 6.45) is 0. The van der Waals surface area contributed by atoms with E-state index in [1.165, 1.54) is 19.2 Å². The van der Waals surface area contributed by atoms with E-state index in [0.29, 0.717) is 11.4 Å². The lowest BCUT2D eigenvalue weighted by Crippen LogP contribution is -2.56. The van der Waals surface area contributed by atoms with Crippen molar-refractivity contribution in [3.8, 4) is 5.75 Å². The average Bonchev–Trinajstić information content (AvgIpc) is 2.47. The number of hydrogen-bond acceptors (Lipinski definition) is 5. The van der Waals surface area contributed by atoms with Crippen LogP contribution in [0, 0.1) is 0 Å². The number of ether oxygens (including phenoxy) is 1. The number of methoxy groups -OCH3 is 1. The summed E-state index contributed by atoms with van der Waals surface area (Å²) in [5.41, 5.74) is 5.82. The fourth-order valence-corrected chi connectivity index (χ4v) is 1.93. The third kappa shape index (κ3) is 3.48. The zero-order valence-corrected chi connectivity index (χ0v) is 11.4. The third-order valence-electron chi connectivity index (χ3n) is 3.07. The van der Waals surface area contributed by atoms with Crippen LogP contribution < -0.4 is 26.4 Å². The summed E-state index contributed by atoms with van der Waals surface area (Å²) in [4.78, 5) is 34.3. The van der Waals surface area contributed by atoms with Gasteiger partial charge in [-0.15, -0.1) is 0 Å². The van der Waals surface area contributed by atoms with E-state index >= 15 is 0 Å². The van der Waals surface area contributed by atoms with Crippen LogP contribution in [0.25, 0.3) is 0 Å². The van der Waals surface area contributed by atoms with Crippen molar-refractivity contribution in [2.45, 2.75) is 6.04 Å². The van der Waals surface area contributed by atoms with Crippen LogP contribution in [-0.4, -0.2) is 44.0 Å². The number of anilines is 1. The molecule has 1 heterocycles. The second-order valence-electron chi connectivity index (χ2n) is 4.51. The van der Waals surface area contributed by atoms with Crippen LogP contribution in [0.5, 0.6) is 5.75 Å². The largest absolute Gasteiger partial charge is 0.495 e. The molecule has 1 aromatic carbocycles. The van der Waals surface area contributed by atoms with Crippen molar-refractivity contribution in [3.05, 3.63) is 23.8 Å². The van der Waals surface area contributed by atoms with E-state index in [2.05, 4.69) is 16.0 Å². The molecule has 1 fully saturated rings. The summed E-state index contributed by atoms with van der Waals surface area (Å²) in [6, 6.07) is 3.95. The van der Waals surface area contributed by atoms with Gasteiger partial charge in [0.1, 0.15) is 11.8 Å². The first-order chi connectivity index (χ1) is 10.0. The van der Waals surface area contributed by atoms with Gasteiger partial charge in [-0.25, -0.2) is 0 Å². The Morgan fingerprint density at radius 2 is 2.19 bits per heavy atom. The lowest BCUT2D eigenvalue weighted by molar-refractivity contribution is -0.124. The lowest BCUT2D eigenvalue weighted by atomic mass is 10.1. The lowest BCUT2D eigenvalue weighted by Gasteiger charge is -2.23. The van der Waals surface area contributed by atoms with Gasteiger partial charge in [0.2, 0.25) is 17.7 Å². The molecule has 21 heavy (non-hydrogen) atoms. The Bertz CT molecular complexity index is 578. The molecule has 112 valence electrons. The quantitative estimate of drug-likeness (QED) is 0.556. The fraction of sp³-hybridized carbons (Fsp3) is 0.308. The highest BCUT2D eigenvalue weighted by Crippen LogP contribution is 2.25. The first-order valence-electron chi connectivity index (χ1n) is 6.30. The Balaban J connectivity index is 2.13. The Morgan fingerprint density at radius 3 is 2.76 bits per heavy atom. The highest BCUT2D eigenvalue weighted by atomic mass is 16.5. The minimum atomic E-state index is -0.601. The molecule has 0 bridgehead atoms. The van der Waals surface area contributed by atoms with Gasteiger partial charge in [-0.3, -0.25) is 19.7 Å². The zero-order chi connectivity index (χ0) is 15.4. The summed E-state index contributed by atoms with van der Waals surface area (Å²) in [5.74, 6) is -0.688. The summed E-state index contributed by atoms with van der Waals surface area (Å²) in [5, 5.41) is 8.05. The fourth-order valence-electron chi connectivity index (χ4n) is 1.93. The third-order valence-corrected chi connectivity index (χ3v) is 3.07. The molecule has 8 nitrogen and oxygen atoms in total. The molecule has 1 aliphatic rings. The predicted molar refractivity (Wildman–Crippen MR) is 74.9 cm³/mol. The van der Waals surface area contributed by atoms with Crippen LogP contribution in [-0.2, 0) is 9.59 Å². The van der Waals surface area contributed by atoms with Gasteiger partial charge in [0.15, 0.2) is 0 Å². The highest BCUT2D eigenvalue weighted by Gasteiger charge is 2.24. The first kappa shape index (κ1) is 14.8. The van der Waals surface area contributed by atoms with Gasteiger partial charge in [0.05, 0.1) is 19.3 Å². The van der Waals surface area contributed by atoms with Crippen LogP contribution in [0.1, 0.15) is 10.4 Å². The van der Waals surface area contributed by atoms with Crippen LogP contribution in [0.15, 0.2) is 18.2 Å². The van der Waals surface area contributed by atoms with Crippen LogP contribution in [0.3, 0.4) is 0 Å². The van der Waals surface area contributed by atoms with E-state index in [1.54, 1.807) is 6.07 Å². The molecule has 1 unspecified atom stereocenters. The van der Waals surface area contributed by atoms with Crippen molar-refractivity contribution in [3.63, 3.8) is 0 Å². The number of rotatable bonds is 4. The standard InChI is InChI=1S/C13H16N4O4/c1-21-10-3-2-7(12(14)19)4-8(10)17-13(20)9-5-16-11(18)6-15-9/h2-4,9,15H,5-6H2,1H3,(H2,14,19)(H,16,18)(H,17,20). The molecular weight excluding hydrogens is 276 g/mol. The number of nitrogens with two attached hydrogens (primary N) is 1. The van der Waals surface area contributed by atoms with Crippen molar-refractivity contribution in [1.29, 1.82) is 0 Å². The topological polar surface area (TPSA) is 123 Å². The van der Waals surface area contributed by atoms with Crippen molar-refractivity contribution in [2.24, 2.45) is 5.73 Å². The molecule has 0 spiro atoms. The monoisotopic (exact) mass is 292 g/mol. The van der Waals surface area contributed by atoms with Gasteiger partial charge in [-0.05, 0) is 18.2 Å². The molecular formula is C13H16N4O4. The number of benzene rings is 1. The smallest absolute Gasteiger partial charge is 0.248 e. The molecule has 1 atom stereocenters. The van der Waals surface area contributed by atoms with E-state index in [1.807, 2.05) is 0 Å². The number of carbonyl (C=O) groups is 3. The molecule has 0 saturated carbocycles. The Kier molecular flexibility index (Phi) is 4.39. The zero-order valence-electron chi connectivity index (χ0n) is 11.4. The van der Waals surface area contributed by atoms with E-state index in [-0.39, 0.29) is 30.5 Å². The Morgan fingerprint density at radius 1 is 1.43 bits per heavy atom. The van der Waals surface area contributed by atoms with E-state index in [9.17, 15) is 14.4 Å². The highest BCUT2D eigenvalue weighted by molar-refractivity contribution is 6.00. The molecule has 3 amide bonds. The van der Waals surface area contributed by atoms with Gasteiger partial charge in [-0.2, -0.15) is 0 Å². The maximum Gasteiger partial charge on any atom is 0.248 e. The maximum atomic E-state index is 12.1. The minimum absolute atomic E-state index is 0.0799. The molecule has 0 aliphatic carbocycles. The molecule has 2 rings (SSSR count). The summed E-state index contributed by atoms with van der Waals surface area (Å²) >= 11 is 0. The van der Waals surface area contributed by atoms with Gasteiger partial charge < -0.3 is 21.1 Å². The normalized spacial score (nSPS) is 17.8. The Hall–Kier alpha value is -2.61. The van der Waals surface area contributed by atoms with Crippen molar-refractivity contribution >= 4 is 23.4 Å². The minimum Gasteiger partial charge on any atom is -0.495 e. The number of nitrogens with one attached hydrogen (secondary N) is 3. The first-order valence-corrected chi connectivity index (χ1v) is 6.30. The van der Waals surface area contributed by atoms with Crippen LogP contribution in [0.2, 0.25) is 0 Å². The second-order valence-corrected chi connectivity index (χ2v) is 4.51. The van der Waals surface area contributed by atoms with Gasteiger partial charge in [0, 0.05) is 12.1 Å². The van der Waals surface area contributed by atoms with E-state index < -0.39 is 11.9 Å². The molecule has 0 radical (unpaired) electrons. The van der Waals surface area contributed by atoms with Crippen LogP contribution in [0.4, 0.5) is 5.69 Å². The van der Waals surface area contributed by atoms with Gasteiger partial charge in [0.25, 0.3) is 0 Å². The SMILES string of the molecule is COc1ccc(C(N)=O)cc1NC(=O)C1CNC(=O)CN1. The summed E-state index contributed by atoms with van der Waals surface area (Å²) < 4.78 is 5.13. The van der Waals surface area contributed by atoms with Gasteiger partial charge >= 0.3 is 0 Å². The van der Waals surface area contributed by atoms with Crippen molar-refractivity contribution < 1.29 is 19.1 Å². The van der Waals surface area contributed by atoms with Crippen LogP contribution >= 0.6 is 0 Å².